The van der Waals surface area contributed by atoms with Crippen molar-refractivity contribution in [1.29, 1.82) is 0 Å². The number of hydrogen-bond donors (Lipinski definition) is 1. The van der Waals surface area contributed by atoms with Crippen LogP contribution in [-0.2, 0) is 9.53 Å². The molecule has 8 heteroatoms. The van der Waals surface area contributed by atoms with Crippen LogP contribution in [0.25, 0.3) is 0 Å². The first kappa shape index (κ1) is 16.9. The Kier molecular flexibility index (Phi) is 5.64. The molecule has 0 fully saturated rings. The molecule has 0 bridgehead atoms. The quantitative estimate of drug-likeness (QED) is 0.671. The molecule has 1 amide bonds. The molecule has 0 radical (unpaired) electrons. The number of thioether (sulfide) groups is 1. The second kappa shape index (κ2) is 7.68. The van der Waals surface area contributed by atoms with Gasteiger partial charge < -0.3 is 10.1 Å². The summed E-state index contributed by atoms with van der Waals surface area (Å²) in [4.78, 5) is 27.6. The zero-order chi connectivity index (χ0) is 16.8. The first-order valence-electron chi connectivity index (χ1n) is 6.42. The average molecular weight is 338 g/mol. The number of benzene rings is 1. The Labute approximate surface area is 135 Å². The van der Waals surface area contributed by atoms with E-state index in [1.165, 1.54) is 24.0 Å². The first-order valence-corrected chi connectivity index (χ1v) is 7.64. The maximum atomic E-state index is 13.4. The van der Waals surface area contributed by atoms with Crippen LogP contribution in [0.2, 0.25) is 0 Å². The van der Waals surface area contributed by atoms with Gasteiger partial charge in [0.15, 0.2) is 6.61 Å². The molecule has 0 saturated heterocycles. The lowest BCUT2D eigenvalue weighted by atomic mass is 10.3. The van der Waals surface area contributed by atoms with E-state index in [0.717, 1.165) is 18.2 Å². The Bertz CT molecular complexity index is 740. The fraction of sp³-hybridized carbons (Fsp3) is 0.133. The second-order valence-electron chi connectivity index (χ2n) is 4.31. The van der Waals surface area contributed by atoms with E-state index >= 15 is 0 Å². The molecular weight excluding hydrogens is 326 g/mol. The molecule has 0 unspecified atom stereocenters. The molecule has 2 aromatic rings. The number of esters is 1. The number of carbonyl (C=O) groups is 2. The van der Waals surface area contributed by atoms with Crippen molar-refractivity contribution in [2.24, 2.45) is 0 Å². The monoisotopic (exact) mass is 338 g/mol. The Morgan fingerprint density at radius 1 is 1.30 bits per heavy atom. The molecule has 0 saturated carbocycles. The van der Waals surface area contributed by atoms with Gasteiger partial charge >= 0.3 is 5.97 Å². The van der Waals surface area contributed by atoms with Gasteiger partial charge in [-0.2, -0.15) is 0 Å². The van der Waals surface area contributed by atoms with Gasteiger partial charge in [0.05, 0.1) is 11.3 Å². The van der Waals surface area contributed by atoms with Gasteiger partial charge in [-0.15, -0.1) is 11.8 Å². The maximum Gasteiger partial charge on any atom is 0.341 e. The number of carbonyl (C=O) groups excluding carboxylic acids is 2. The van der Waals surface area contributed by atoms with Gasteiger partial charge in [0.25, 0.3) is 5.91 Å². The SMILES string of the molecule is CSc1ncccc1C(=O)OCC(=O)Nc1cc(F)ccc1F. The van der Waals surface area contributed by atoms with Crippen LogP contribution in [0.5, 0.6) is 0 Å². The van der Waals surface area contributed by atoms with Crippen LogP contribution in [-0.4, -0.2) is 29.7 Å². The van der Waals surface area contributed by atoms with Gasteiger partial charge in [0, 0.05) is 12.3 Å². The fourth-order valence-electron chi connectivity index (χ4n) is 1.70. The van der Waals surface area contributed by atoms with E-state index < -0.39 is 30.1 Å². The molecule has 2 rings (SSSR count). The van der Waals surface area contributed by atoms with Crippen LogP contribution in [0.1, 0.15) is 10.4 Å². The summed E-state index contributed by atoms with van der Waals surface area (Å²) in [6, 6.07) is 5.74. The van der Waals surface area contributed by atoms with Crippen LogP contribution in [0.4, 0.5) is 14.5 Å². The number of aromatic nitrogens is 1. The standard InChI is InChI=1S/C15H12F2N2O3S/c1-23-14-10(3-2-6-18-14)15(21)22-8-13(20)19-12-7-9(16)4-5-11(12)17/h2-7H,8H2,1H3,(H,19,20). The number of nitrogens with one attached hydrogen (secondary N) is 1. The van der Waals surface area contributed by atoms with Gasteiger partial charge in [0.2, 0.25) is 0 Å². The number of anilines is 1. The number of hydrogen-bond acceptors (Lipinski definition) is 5. The van der Waals surface area contributed by atoms with Crippen molar-refractivity contribution in [3.05, 3.63) is 53.7 Å². The van der Waals surface area contributed by atoms with Gasteiger partial charge in [-0.3, -0.25) is 4.79 Å². The summed E-state index contributed by atoms with van der Waals surface area (Å²) in [5.74, 6) is -2.99. The van der Waals surface area contributed by atoms with E-state index in [-0.39, 0.29) is 11.3 Å². The summed E-state index contributed by atoms with van der Waals surface area (Å²) < 4.78 is 31.3. The fourth-order valence-corrected chi connectivity index (χ4v) is 2.23. The zero-order valence-corrected chi connectivity index (χ0v) is 12.8. The van der Waals surface area contributed by atoms with Crippen molar-refractivity contribution >= 4 is 29.3 Å². The minimum absolute atomic E-state index is 0.227. The molecule has 0 aliphatic heterocycles. The molecule has 5 nitrogen and oxygen atoms in total. The average Bonchev–Trinajstić information content (AvgIpc) is 2.56. The number of rotatable bonds is 5. The van der Waals surface area contributed by atoms with Crippen molar-refractivity contribution in [1.82, 2.24) is 4.98 Å². The summed E-state index contributed by atoms with van der Waals surface area (Å²) in [6.07, 6.45) is 3.28. The Morgan fingerprint density at radius 3 is 2.83 bits per heavy atom. The van der Waals surface area contributed by atoms with E-state index in [1.54, 1.807) is 12.3 Å². The van der Waals surface area contributed by atoms with Gasteiger partial charge in [0.1, 0.15) is 16.7 Å². The number of halogens is 2. The third-order valence-electron chi connectivity index (χ3n) is 2.72. The van der Waals surface area contributed by atoms with Gasteiger partial charge in [-0.1, -0.05) is 0 Å². The number of nitrogens with zero attached hydrogens (tertiary/aromatic N) is 1. The lowest BCUT2D eigenvalue weighted by molar-refractivity contribution is -0.119. The molecule has 1 heterocycles. The predicted octanol–water partition coefficient (Wildman–Crippen LogP) is 2.88. The molecule has 1 N–H and O–H groups in total. The lowest BCUT2D eigenvalue weighted by Crippen LogP contribution is -2.21. The third-order valence-corrected chi connectivity index (χ3v) is 3.43. The van der Waals surface area contributed by atoms with Crippen molar-refractivity contribution in [3.63, 3.8) is 0 Å². The molecule has 23 heavy (non-hydrogen) atoms. The normalized spacial score (nSPS) is 10.2. The Morgan fingerprint density at radius 2 is 2.09 bits per heavy atom. The van der Waals surface area contributed by atoms with E-state index in [1.807, 2.05) is 0 Å². The zero-order valence-electron chi connectivity index (χ0n) is 12.0. The minimum atomic E-state index is -0.789. The molecular formula is C15H12F2N2O3S. The summed E-state index contributed by atoms with van der Waals surface area (Å²) in [6.45, 7) is -0.627. The number of pyridine rings is 1. The summed E-state index contributed by atoms with van der Waals surface area (Å²) in [5.41, 5.74) is -0.0954. The minimum Gasteiger partial charge on any atom is -0.452 e. The van der Waals surface area contributed by atoms with Crippen molar-refractivity contribution in [2.45, 2.75) is 5.03 Å². The predicted molar refractivity (Wildman–Crippen MR) is 81.3 cm³/mol. The van der Waals surface area contributed by atoms with Crippen LogP contribution in [0.3, 0.4) is 0 Å². The van der Waals surface area contributed by atoms with Gasteiger partial charge in [-0.05, 0) is 30.5 Å². The van der Waals surface area contributed by atoms with Crippen LogP contribution in [0.15, 0.2) is 41.6 Å². The largest absolute Gasteiger partial charge is 0.452 e. The summed E-state index contributed by atoms with van der Waals surface area (Å²) >= 11 is 1.26. The van der Waals surface area contributed by atoms with Gasteiger partial charge in [-0.25, -0.2) is 18.6 Å². The lowest BCUT2D eigenvalue weighted by Gasteiger charge is -2.08. The van der Waals surface area contributed by atoms with Crippen molar-refractivity contribution < 1.29 is 23.1 Å². The summed E-state index contributed by atoms with van der Waals surface area (Å²) in [5, 5.41) is 2.60. The highest BCUT2D eigenvalue weighted by Crippen LogP contribution is 2.18. The highest BCUT2D eigenvalue weighted by molar-refractivity contribution is 7.98. The second-order valence-corrected chi connectivity index (χ2v) is 5.10. The molecule has 1 aromatic carbocycles. The smallest absolute Gasteiger partial charge is 0.341 e. The molecule has 0 spiro atoms. The van der Waals surface area contributed by atoms with Crippen molar-refractivity contribution in [3.8, 4) is 0 Å². The molecule has 0 atom stereocenters. The molecule has 1 aromatic heterocycles. The van der Waals surface area contributed by atoms with Crippen molar-refractivity contribution in [2.75, 3.05) is 18.2 Å². The molecule has 0 aliphatic carbocycles. The Hall–Kier alpha value is -2.48. The topological polar surface area (TPSA) is 68.3 Å². The highest BCUT2D eigenvalue weighted by atomic mass is 32.2. The van der Waals surface area contributed by atoms with E-state index in [9.17, 15) is 18.4 Å². The first-order chi connectivity index (χ1) is 11.0. The van der Waals surface area contributed by atoms with E-state index in [4.69, 9.17) is 4.74 Å². The van der Waals surface area contributed by atoms with Crippen LogP contribution >= 0.6 is 11.8 Å². The van der Waals surface area contributed by atoms with E-state index in [2.05, 4.69) is 10.3 Å². The van der Waals surface area contributed by atoms with E-state index in [0.29, 0.717) is 5.03 Å². The maximum absolute atomic E-state index is 13.4. The van der Waals surface area contributed by atoms with Crippen LogP contribution in [0, 0.1) is 11.6 Å². The molecule has 120 valence electrons. The summed E-state index contributed by atoms with van der Waals surface area (Å²) in [7, 11) is 0. The third kappa shape index (κ3) is 4.49. The van der Waals surface area contributed by atoms with Crippen LogP contribution < -0.4 is 5.32 Å². The number of ether oxygens (including phenoxy) is 1. The highest BCUT2D eigenvalue weighted by Gasteiger charge is 2.15. The number of amides is 1. The molecule has 0 aliphatic rings. The Balaban J connectivity index is 1.96.